The van der Waals surface area contributed by atoms with Crippen molar-refractivity contribution in [2.45, 2.75) is 26.4 Å². The Kier molecular flexibility index (Phi) is 5.76. The van der Waals surface area contributed by atoms with Crippen LogP contribution in [-0.4, -0.2) is 24.8 Å². The zero-order chi connectivity index (χ0) is 14.5. The standard InChI is InChI=1S/C13H18Cl2N2O2/c1-13(2,3)19-12(18)17-7-6-16-11-8-9(14)4-5-10(11)15/h4-5,8,16H,6-7H2,1-3H3,(H,17,18). The molecule has 0 fully saturated rings. The van der Waals surface area contributed by atoms with Gasteiger partial charge < -0.3 is 15.4 Å². The summed E-state index contributed by atoms with van der Waals surface area (Å²) in [5.41, 5.74) is 0.244. The molecule has 4 nitrogen and oxygen atoms in total. The summed E-state index contributed by atoms with van der Waals surface area (Å²) in [6, 6.07) is 5.17. The maximum Gasteiger partial charge on any atom is 0.407 e. The van der Waals surface area contributed by atoms with E-state index in [0.717, 1.165) is 5.69 Å². The van der Waals surface area contributed by atoms with Crippen molar-refractivity contribution in [3.05, 3.63) is 28.2 Å². The molecule has 0 aliphatic rings. The van der Waals surface area contributed by atoms with Crippen LogP contribution in [-0.2, 0) is 4.74 Å². The van der Waals surface area contributed by atoms with Crippen LogP contribution in [0.5, 0.6) is 0 Å². The van der Waals surface area contributed by atoms with E-state index in [0.29, 0.717) is 23.1 Å². The number of nitrogens with one attached hydrogen (secondary N) is 2. The van der Waals surface area contributed by atoms with Gasteiger partial charge in [0.25, 0.3) is 0 Å². The summed E-state index contributed by atoms with van der Waals surface area (Å²) in [5, 5.41) is 6.92. The molecule has 0 aromatic heterocycles. The van der Waals surface area contributed by atoms with Gasteiger partial charge in [-0.1, -0.05) is 23.2 Å². The summed E-state index contributed by atoms with van der Waals surface area (Å²) in [4.78, 5) is 11.4. The van der Waals surface area contributed by atoms with E-state index < -0.39 is 11.7 Å². The van der Waals surface area contributed by atoms with E-state index in [-0.39, 0.29) is 0 Å². The fraction of sp³-hybridized carbons (Fsp3) is 0.462. The molecule has 6 heteroatoms. The van der Waals surface area contributed by atoms with Crippen LogP contribution in [0.1, 0.15) is 20.8 Å². The second-order valence-corrected chi connectivity index (χ2v) is 5.82. The SMILES string of the molecule is CC(C)(C)OC(=O)NCCNc1cc(Cl)ccc1Cl. The molecule has 2 N–H and O–H groups in total. The molecule has 0 saturated carbocycles. The lowest BCUT2D eigenvalue weighted by Gasteiger charge is -2.19. The lowest BCUT2D eigenvalue weighted by atomic mass is 10.2. The molecule has 1 amide bonds. The molecule has 1 aromatic rings. The first-order valence-electron chi connectivity index (χ1n) is 5.94. The first kappa shape index (κ1) is 15.9. The Morgan fingerprint density at radius 2 is 1.95 bits per heavy atom. The number of rotatable bonds is 4. The molecule has 106 valence electrons. The minimum atomic E-state index is -0.492. The number of carbonyl (C=O) groups is 1. The number of halogens is 2. The fourth-order valence-electron chi connectivity index (χ4n) is 1.31. The number of hydrogen-bond donors (Lipinski definition) is 2. The summed E-state index contributed by atoms with van der Waals surface area (Å²) in [7, 11) is 0. The highest BCUT2D eigenvalue weighted by Gasteiger charge is 2.15. The maximum atomic E-state index is 11.4. The number of alkyl carbamates (subject to hydrolysis) is 1. The second-order valence-electron chi connectivity index (χ2n) is 4.98. The zero-order valence-corrected chi connectivity index (χ0v) is 12.7. The van der Waals surface area contributed by atoms with Crippen molar-refractivity contribution >= 4 is 35.0 Å². The lowest BCUT2D eigenvalue weighted by Crippen LogP contribution is -2.35. The molecular weight excluding hydrogens is 287 g/mol. The molecule has 0 bridgehead atoms. The Morgan fingerprint density at radius 3 is 2.58 bits per heavy atom. The molecular formula is C13H18Cl2N2O2. The molecule has 0 heterocycles. The van der Waals surface area contributed by atoms with Crippen molar-refractivity contribution in [2.24, 2.45) is 0 Å². The highest BCUT2D eigenvalue weighted by molar-refractivity contribution is 6.35. The highest BCUT2D eigenvalue weighted by atomic mass is 35.5. The van der Waals surface area contributed by atoms with Crippen molar-refractivity contribution < 1.29 is 9.53 Å². The number of amides is 1. The molecule has 1 rings (SSSR count). The van der Waals surface area contributed by atoms with Gasteiger partial charge in [-0.25, -0.2) is 4.79 Å². The van der Waals surface area contributed by atoms with Crippen LogP contribution >= 0.6 is 23.2 Å². The van der Waals surface area contributed by atoms with Gasteiger partial charge in [-0.3, -0.25) is 0 Å². The summed E-state index contributed by atoms with van der Waals surface area (Å²) < 4.78 is 5.11. The van der Waals surface area contributed by atoms with Gasteiger partial charge in [0.15, 0.2) is 0 Å². The molecule has 0 spiro atoms. The number of anilines is 1. The topological polar surface area (TPSA) is 50.4 Å². The van der Waals surface area contributed by atoms with Crippen molar-refractivity contribution in [3.63, 3.8) is 0 Å². The number of benzene rings is 1. The number of ether oxygens (including phenoxy) is 1. The third-order valence-electron chi connectivity index (χ3n) is 2.04. The average molecular weight is 305 g/mol. The summed E-state index contributed by atoms with van der Waals surface area (Å²) >= 11 is 11.9. The lowest BCUT2D eigenvalue weighted by molar-refractivity contribution is 0.0530. The van der Waals surface area contributed by atoms with E-state index in [1.807, 2.05) is 20.8 Å². The predicted octanol–water partition coefficient (Wildman–Crippen LogP) is 3.93. The van der Waals surface area contributed by atoms with Crippen LogP contribution < -0.4 is 10.6 Å². The van der Waals surface area contributed by atoms with Gasteiger partial charge in [0, 0.05) is 18.1 Å². The third-order valence-corrected chi connectivity index (χ3v) is 2.60. The summed E-state index contributed by atoms with van der Waals surface area (Å²) in [6.45, 7) is 6.40. The van der Waals surface area contributed by atoms with Crippen LogP contribution in [0.25, 0.3) is 0 Å². The monoisotopic (exact) mass is 304 g/mol. The van der Waals surface area contributed by atoms with Crippen LogP contribution in [0, 0.1) is 0 Å². The van der Waals surface area contributed by atoms with Gasteiger partial charge in [0.1, 0.15) is 5.60 Å². The average Bonchev–Trinajstić information content (AvgIpc) is 2.26. The molecule has 0 atom stereocenters. The van der Waals surface area contributed by atoms with Gasteiger partial charge in [-0.2, -0.15) is 0 Å². The number of carbonyl (C=O) groups excluding carboxylic acids is 1. The Balaban J connectivity index is 2.31. The molecule has 0 aliphatic heterocycles. The van der Waals surface area contributed by atoms with Crippen molar-refractivity contribution in [2.75, 3.05) is 18.4 Å². The van der Waals surface area contributed by atoms with Crippen molar-refractivity contribution in [1.29, 1.82) is 0 Å². The summed E-state index contributed by atoms with van der Waals surface area (Å²) in [5.74, 6) is 0. The second kappa shape index (κ2) is 6.87. The van der Waals surface area contributed by atoms with Gasteiger partial charge >= 0.3 is 6.09 Å². The Morgan fingerprint density at radius 1 is 1.26 bits per heavy atom. The Labute approximate surface area is 123 Å². The Hall–Kier alpha value is -1.13. The van der Waals surface area contributed by atoms with E-state index in [2.05, 4.69) is 10.6 Å². The highest BCUT2D eigenvalue weighted by Crippen LogP contribution is 2.24. The van der Waals surface area contributed by atoms with Gasteiger partial charge in [-0.05, 0) is 39.0 Å². The van der Waals surface area contributed by atoms with E-state index in [4.69, 9.17) is 27.9 Å². The van der Waals surface area contributed by atoms with Crippen LogP contribution in [0.3, 0.4) is 0 Å². The van der Waals surface area contributed by atoms with Gasteiger partial charge in [-0.15, -0.1) is 0 Å². The van der Waals surface area contributed by atoms with Crippen LogP contribution in [0.2, 0.25) is 10.0 Å². The van der Waals surface area contributed by atoms with Crippen LogP contribution in [0.15, 0.2) is 18.2 Å². The normalized spacial score (nSPS) is 11.0. The van der Waals surface area contributed by atoms with Gasteiger partial charge in [0.2, 0.25) is 0 Å². The van der Waals surface area contributed by atoms with E-state index in [9.17, 15) is 4.79 Å². The largest absolute Gasteiger partial charge is 0.444 e. The minimum Gasteiger partial charge on any atom is -0.444 e. The molecule has 0 saturated heterocycles. The first-order chi connectivity index (χ1) is 8.78. The Bertz CT molecular complexity index is 445. The maximum absolute atomic E-state index is 11.4. The van der Waals surface area contributed by atoms with Crippen LogP contribution in [0.4, 0.5) is 10.5 Å². The molecule has 0 aliphatic carbocycles. The quantitative estimate of drug-likeness (QED) is 0.829. The molecule has 0 radical (unpaired) electrons. The summed E-state index contributed by atoms with van der Waals surface area (Å²) in [6.07, 6.45) is -0.438. The minimum absolute atomic E-state index is 0.428. The van der Waals surface area contributed by atoms with E-state index in [1.54, 1.807) is 18.2 Å². The van der Waals surface area contributed by atoms with E-state index in [1.165, 1.54) is 0 Å². The predicted molar refractivity (Wildman–Crippen MR) is 79.2 cm³/mol. The van der Waals surface area contributed by atoms with Crippen molar-refractivity contribution in [1.82, 2.24) is 5.32 Å². The third kappa shape index (κ3) is 6.55. The smallest absolute Gasteiger partial charge is 0.407 e. The molecule has 0 unspecified atom stereocenters. The van der Waals surface area contributed by atoms with Gasteiger partial charge in [0.05, 0.1) is 10.7 Å². The van der Waals surface area contributed by atoms with E-state index >= 15 is 0 Å². The molecule has 1 aromatic carbocycles. The molecule has 19 heavy (non-hydrogen) atoms. The zero-order valence-electron chi connectivity index (χ0n) is 11.2. The number of hydrogen-bond acceptors (Lipinski definition) is 3. The fourth-order valence-corrected chi connectivity index (χ4v) is 1.67. The first-order valence-corrected chi connectivity index (χ1v) is 6.69. The van der Waals surface area contributed by atoms with Crippen molar-refractivity contribution in [3.8, 4) is 0 Å².